The topological polar surface area (TPSA) is 21.3 Å². The molecule has 2 atom stereocenters. The van der Waals surface area contributed by atoms with Gasteiger partial charge >= 0.3 is 0 Å². The van der Waals surface area contributed by atoms with Crippen LogP contribution in [0.3, 0.4) is 0 Å². The van der Waals surface area contributed by atoms with E-state index in [0.29, 0.717) is 12.0 Å². The van der Waals surface area contributed by atoms with Gasteiger partial charge < -0.3 is 10.1 Å². The van der Waals surface area contributed by atoms with Crippen LogP contribution < -0.4 is 5.32 Å². The fourth-order valence-electron chi connectivity index (χ4n) is 3.33. The van der Waals surface area contributed by atoms with Crippen molar-refractivity contribution in [2.45, 2.75) is 51.5 Å². The van der Waals surface area contributed by atoms with Crippen molar-refractivity contribution in [1.29, 1.82) is 0 Å². The molecule has 0 amide bonds. The smallest absolute Gasteiger partial charge is 0.0512 e. The largest absolute Gasteiger partial charge is 0.381 e. The molecule has 2 aliphatic rings. The standard InChI is InChI=1S/C16H25NOS/c1-2-8-17-16(13-6-4-9-18-11-13)15-10-12-5-3-7-14(12)19-15/h10,13,16-17H,2-9,11H2,1H3. The zero-order valence-electron chi connectivity index (χ0n) is 11.9. The summed E-state index contributed by atoms with van der Waals surface area (Å²) in [5, 5.41) is 3.77. The third-order valence-corrected chi connectivity index (χ3v) is 5.67. The van der Waals surface area contributed by atoms with Gasteiger partial charge in [-0.25, -0.2) is 0 Å². The van der Waals surface area contributed by atoms with Crippen molar-refractivity contribution in [1.82, 2.24) is 5.32 Å². The molecule has 0 spiro atoms. The van der Waals surface area contributed by atoms with Gasteiger partial charge in [0.2, 0.25) is 0 Å². The average Bonchev–Trinajstić information content (AvgIpc) is 3.02. The maximum absolute atomic E-state index is 5.71. The number of aryl methyl sites for hydroxylation is 2. The Morgan fingerprint density at radius 1 is 1.42 bits per heavy atom. The third-order valence-electron chi connectivity index (χ3n) is 4.35. The molecule has 1 aliphatic carbocycles. The van der Waals surface area contributed by atoms with E-state index in [1.54, 1.807) is 15.3 Å². The molecule has 0 aromatic carbocycles. The highest BCUT2D eigenvalue weighted by Gasteiger charge is 2.28. The van der Waals surface area contributed by atoms with E-state index >= 15 is 0 Å². The van der Waals surface area contributed by atoms with Gasteiger partial charge in [-0.05, 0) is 56.7 Å². The molecular formula is C16H25NOS. The Morgan fingerprint density at radius 2 is 2.37 bits per heavy atom. The molecule has 1 fully saturated rings. The van der Waals surface area contributed by atoms with Gasteiger partial charge in [-0.1, -0.05) is 6.92 Å². The lowest BCUT2D eigenvalue weighted by molar-refractivity contribution is 0.0395. The normalized spacial score (nSPS) is 24.4. The number of thiophene rings is 1. The first-order chi connectivity index (χ1) is 9.38. The van der Waals surface area contributed by atoms with Crippen molar-refractivity contribution in [2.24, 2.45) is 5.92 Å². The van der Waals surface area contributed by atoms with Crippen LogP contribution in [0.2, 0.25) is 0 Å². The minimum Gasteiger partial charge on any atom is -0.381 e. The van der Waals surface area contributed by atoms with Crippen LogP contribution in [0, 0.1) is 5.92 Å². The van der Waals surface area contributed by atoms with Crippen molar-refractivity contribution in [3.05, 3.63) is 21.4 Å². The summed E-state index contributed by atoms with van der Waals surface area (Å²) in [5.74, 6) is 0.666. The summed E-state index contributed by atoms with van der Waals surface area (Å²) in [7, 11) is 0. The molecule has 1 saturated heterocycles. The second-order valence-corrected chi connectivity index (χ2v) is 7.03. The molecule has 1 N–H and O–H groups in total. The van der Waals surface area contributed by atoms with Crippen LogP contribution >= 0.6 is 11.3 Å². The van der Waals surface area contributed by atoms with Crippen LogP contribution in [0.15, 0.2) is 6.07 Å². The van der Waals surface area contributed by atoms with Crippen molar-refractivity contribution >= 4 is 11.3 Å². The van der Waals surface area contributed by atoms with Crippen LogP contribution in [0.5, 0.6) is 0 Å². The Bertz CT molecular complexity index is 387. The Morgan fingerprint density at radius 3 is 3.11 bits per heavy atom. The first-order valence-corrected chi connectivity index (χ1v) is 8.62. The second kappa shape index (κ2) is 6.38. The molecule has 0 radical (unpaired) electrons. The van der Waals surface area contributed by atoms with Crippen molar-refractivity contribution in [2.75, 3.05) is 19.8 Å². The fraction of sp³-hybridized carbons (Fsp3) is 0.750. The Kier molecular flexibility index (Phi) is 4.57. The Labute approximate surface area is 120 Å². The summed E-state index contributed by atoms with van der Waals surface area (Å²) in [5.41, 5.74) is 1.63. The summed E-state index contributed by atoms with van der Waals surface area (Å²) in [6.45, 7) is 5.25. The average molecular weight is 279 g/mol. The summed E-state index contributed by atoms with van der Waals surface area (Å²) >= 11 is 2.06. The fourth-order valence-corrected chi connectivity index (χ4v) is 4.76. The quantitative estimate of drug-likeness (QED) is 0.887. The van der Waals surface area contributed by atoms with E-state index in [2.05, 4.69) is 29.6 Å². The summed E-state index contributed by atoms with van der Waals surface area (Å²) < 4.78 is 5.71. The number of rotatable bonds is 5. The maximum Gasteiger partial charge on any atom is 0.0512 e. The van der Waals surface area contributed by atoms with Crippen molar-refractivity contribution in [3.63, 3.8) is 0 Å². The lowest BCUT2D eigenvalue weighted by Gasteiger charge is -2.30. The molecule has 2 nitrogen and oxygen atoms in total. The Balaban J connectivity index is 1.76. The number of hydrogen-bond acceptors (Lipinski definition) is 3. The van der Waals surface area contributed by atoms with Crippen molar-refractivity contribution < 1.29 is 4.74 Å². The minimum absolute atomic E-state index is 0.524. The molecule has 106 valence electrons. The highest BCUT2D eigenvalue weighted by atomic mass is 32.1. The van der Waals surface area contributed by atoms with Gasteiger partial charge in [-0.15, -0.1) is 11.3 Å². The SMILES string of the molecule is CCCNC(c1cc2c(s1)CCC2)C1CCCOC1. The van der Waals surface area contributed by atoms with E-state index < -0.39 is 0 Å². The first-order valence-electron chi connectivity index (χ1n) is 7.81. The monoisotopic (exact) mass is 279 g/mol. The maximum atomic E-state index is 5.71. The predicted molar refractivity (Wildman–Crippen MR) is 80.9 cm³/mol. The highest BCUT2D eigenvalue weighted by Crippen LogP contribution is 2.38. The number of fused-ring (bicyclic) bond motifs is 1. The molecule has 1 aromatic rings. The number of ether oxygens (including phenoxy) is 1. The number of nitrogens with one attached hydrogen (secondary N) is 1. The van der Waals surface area contributed by atoms with Gasteiger partial charge in [-0.3, -0.25) is 0 Å². The van der Waals surface area contributed by atoms with E-state index in [4.69, 9.17) is 4.74 Å². The molecule has 0 saturated carbocycles. The summed E-state index contributed by atoms with van der Waals surface area (Å²) in [6.07, 6.45) is 7.70. The first kappa shape index (κ1) is 13.6. The molecule has 3 rings (SSSR count). The lowest BCUT2D eigenvalue weighted by atomic mass is 9.92. The molecule has 0 bridgehead atoms. The van der Waals surface area contributed by atoms with Gasteiger partial charge in [0.15, 0.2) is 0 Å². The van der Waals surface area contributed by atoms with Crippen LogP contribution in [-0.4, -0.2) is 19.8 Å². The minimum atomic E-state index is 0.524. The van der Waals surface area contributed by atoms with Gasteiger partial charge in [0.25, 0.3) is 0 Å². The molecule has 3 heteroatoms. The van der Waals surface area contributed by atoms with Gasteiger partial charge in [-0.2, -0.15) is 0 Å². The predicted octanol–water partition coefficient (Wildman–Crippen LogP) is 3.70. The Hall–Kier alpha value is -0.380. The van der Waals surface area contributed by atoms with E-state index in [-0.39, 0.29) is 0 Å². The van der Waals surface area contributed by atoms with E-state index in [0.717, 1.165) is 19.8 Å². The molecule has 19 heavy (non-hydrogen) atoms. The van der Waals surface area contributed by atoms with Gasteiger partial charge in [0.1, 0.15) is 0 Å². The van der Waals surface area contributed by atoms with E-state index in [9.17, 15) is 0 Å². The van der Waals surface area contributed by atoms with Crippen LogP contribution in [-0.2, 0) is 17.6 Å². The van der Waals surface area contributed by atoms with Crippen LogP contribution in [0.1, 0.15) is 54.0 Å². The van der Waals surface area contributed by atoms with Crippen LogP contribution in [0.25, 0.3) is 0 Å². The summed E-state index contributed by atoms with van der Waals surface area (Å²) in [4.78, 5) is 3.21. The second-order valence-electron chi connectivity index (χ2n) is 5.86. The van der Waals surface area contributed by atoms with Crippen molar-refractivity contribution in [3.8, 4) is 0 Å². The lowest BCUT2D eigenvalue weighted by Crippen LogP contribution is -2.33. The van der Waals surface area contributed by atoms with E-state index in [1.807, 2.05) is 0 Å². The summed E-state index contributed by atoms with van der Waals surface area (Å²) in [6, 6.07) is 3.01. The number of hydrogen-bond donors (Lipinski definition) is 1. The van der Waals surface area contributed by atoms with Crippen LogP contribution in [0.4, 0.5) is 0 Å². The molecule has 2 unspecified atom stereocenters. The zero-order chi connectivity index (χ0) is 13.1. The highest BCUT2D eigenvalue weighted by molar-refractivity contribution is 7.12. The molecular weight excluding hydrogens is 254 g/mol. The van der Waals surface area contributed by atoms with Gasteiger partial charge in [0, 0.05) is 28.3 Å². The molecule has 1 aromatic heterocycles. The zero-order valence-corrected chi connectivity index (χ0v) is 12.7. The molecule has 1 aliphatic heterocycles. The molecule has 2 heterocycles. The van der Waals surface area contributed by atoms with Gasteiger partial charge in [0.05, 0.1) is 6.61 Å². The van der Waals surface area contributed by atoms with E-state index in [1.165, 1.54) is 38.5 Å². The third kappa shape index (κ3) is 3.04.